The Labute approximate surface area is 236 Å². The molecule has 40 heavy (non-hydrogen) atoms. The van der Waals surface area contributed by atoms with Gasteiger partial charge in [0.1, 0.15) is 0 Å². The van der Waals surface area contributed by atoms with Gasteiger partial charge in [0.05, 0.1) is 22.4 Å². The Morgan fingerprint density at radius 1 is 0.525 bits per heavy atom. The highest BCUT2D eigenvalue weighted by Crippen LogP contribution is 2.41. The van der Waals surface area contributed by atoms with Crippen LogP contribution in [0.3, 0.4) is 0 Å². The van der Waals surface area contributed by atoms with Gasteiger partial charge in [-0.25, -0.2) is 9.97 Å². The van der Waals surface area contributed by atoms with E-state index in [1.807, 2.05) is 11.3 Å². The maximum Gasteiger partial charge on any atom is 0.0979 e. The van der Waals surface area contributed by atoms with Crippen molar-refractivity contribution in [1.29, 1.82) is 0 Å². The van der Waals surface area contributed by atoms with E-state index in [1.165, 1.54) is 42.1 Å². The van der Waals surface area contributed by atoms with E-state index in [9.17, 15) is 0 Å². The van der Waals surface area contributed by atoms with Gasteiger partial charge >= 0.3 is 0 Å². The molecule has 8 rings (SSSR count). The third-order valence-corrected chi connectivity index (χ3v) is 9.20. The van der Waals surface area contributed by atoms with Crippen molar-refractivity contribution in [3.8, 4) is 22.4 Å². The average Bonchev–Trinajstić information content (AvgIpc) is 3.39. The molecule has 0 unspecified atom stereocenters. The van der Waals surface area contributed by atoms with E-state index in [0.717, 1.165) is 38.8 Å². The highest BCUT2D eigenvalue weighted by atomic mass is 32.1. The molecular weight excluding hydrogens is 504 g/mol. The smallest absolute Gasteiger partial charge is 0.0979 e. The first-order valence-electron chi connectivity index (χ1n) is 13.8. The van der Waals surface area contributed by atoms with Crippen LogP contribution in [0.2, 0.25) is 0 Å². The Balaban J connectivity index is 1.40. The van der Waals surface area contributed by atoms with Crippen molar-refractivity contribution in [1.82, 2.24) is 9.97 Å². The molecule has 0 aliphatic carbocycles. The number of fused-ring (bicyclic) bond motifs is 9. The summed E-state index contributed by atoms with van der Waals surface area (Å²) in [7, 11) is 0. The summed E-state index contributed by atoms with van der Waals surface area (Å²) in [5.41, 5.74) is 7.51. The van der Waals surface area contributed by atoms with E-state index in [0.29, 0.717) is 0 Å². The van der Waals surface area contributed by atoms with Gasteiger partial charge < -0.3 is 0 Å². The fourth-order valence-electron chi connectivity index (χ4n) is 6.10. The standard InChI is InChI=1S/C37H26N2S/c1-22(2)33-34(39-36-30-17-6-4-14-27(30)26-13-3-5-16-29(26)35(36)38-33)24-12-9-11-23(21-24)25-18-10-19-31-28-15-7-8-20-32(28)40-37(25)31/h3-22H,1-2H3. The molecule has 2 heterocycles. The molecule has 6 aromatic carbocycles. The lowest BCUT2D eigenvalue weighted by molar-refractivity contribution is 0.826. The van der Waals surface area contributed by atoms with E-state index in [4.69, 9.17) is 9.97 Å². The lowest BCUT2D eigenvalue weighted by atomic mass is 9.95. The third-order valence-electron chi connectivity index (χ3n) is 7.98. The fourth-order valence-corrected chi connectivity index (χ4v) is 7.33. The SMILES string of the molecule is CC(C)c1nc2c3ccccc3c3ccccc3c2nc1-c1cccc(-c2cccc3c2sc2ccccc23)c1. The van der Waals surface area contributed by atoms with Gasteiger partial charge in [-0.15, -0.1) is 11.3 Å². The van der Waals surface area contributed by atoms with E-state index in [1.54, 1.807) is 0 Å². The van der Waals surface area contributed by atoms with Gasteiger partial charge in [0.2, 0.25) is 0 Å². The molecule has 0 N–H and O–H groups in total. The number of hydrogen-bond donors (Lipinski definition) is 0. The number of nitrogens with zero attached hydrogens (tertiary/aromatic N) is 2. The molecule has 0 amide bonds. The van der Waals surface area contributed by atoms with E-state index in [2.05, 4.69) is 129 Å². The van der Waals surface area contributed by atoms with Crippen LogP contribution >= 0.6 is 11.3 Å². The first-order valence-corrected chi connectivity index (χ1v) is 14.6. The van der Waals surface area contributed by atoms with Crippen LogP contribution in [0.25, 0.3) is 75.1 Å². The van der Waals surface area contributed by atoms with Crippen molar-refractivity contribution in [3.63, 3.8) is 0 Å². The highest BCUT2D eigenvalue weighted by Gasteiger charge is 2.19. The van der Waals surface area contributed by atoms with Gasteiger partial charge in [0.25, 0.3) is 0 Å². The Morgan fingerprint density at radius 3 is 1.82 bits per heavy atom. The van der Waals surface area contributed by atoms with Crippen molar-refractivity contribution in [3.05, 3.63) is 121 Å². The van der Waals surface area contributed by atoms with Crippen LogP contribution in [-0.2, 0) is 0 Å². The van der Waals surface area contributed by atoms with Crippen LogP contribution in [0.5, 0.6) is 0 Å². The summed E-state index contributed by atoms with van der Waals surface area (Å²) in [5.74, 6) is 0.229. The first kappa shape index (κ1) is 23.3. The molecule has 0 radical (unpaired) electrons. The zero-order chi connectivity index (χ0) is 26.8. The van der Waals surface area contributed by atoms with Crippen LogP contribution in [0.1, 0.15) is 25.5 Å². The molecule has 0 aliphatic rings. The molecular formula is C37H26N2S. The zero-order valence-electron chi connectivity index (χ0n) is 22.3. The first-order chi connectivity index (χ1) is 19.7. The summed E-state index contributed by atoms with van der Waals surface area (Å²) in [6.07, 6.45) is 0. The maximum atomic E-state index is 5.42. The monoisotopic (exact) mass is 530 g/mol. The quantitative estimate of drug-likeness (QED) is 0.212. The zero-order valence-corrected chi connectivity index (χ0v) is 23.2. The Bertz CT molecular complexity index is 2260. The largest absolute Gasteiger partial charge is 0.248 e. The maximum absolute atomic E-state index is 5.42. The van der Waals surface area contributed by atoms with Crippen molar-refractivity contribution in [2.75, 3.05) is 0 Å². The van der Waals surface area contributed by atoms with Crippen molar-refractivity contribution in [2.45, 2.75) is 19.8 Å². The lowest BCUT2D eigenvalue weighted by Gasteiger charge is -2.16. The molecule has 2 aromatic heterocycles. The van der Waals surface area contributed by atoms with Gasteiger partial charge in [-0.05, 0) is 39.9 Å². The summed E-state index contributed by atoms with van der Waals surface area (Å²) >= 11 is 1.87. The molecule has 8 aromatic rings. The van der Waals surface area contributed by atoms with Crippen molar-refractivity contribution < 1.29 is 0 Å². The van der Waals surface area contributed by atoms with Crippen LogP contribution < -0.4 is 0 Å². The third kappa shape index (κ3) is 3.48. The summed E-state index contributed by atoms with van der Waals surface area (Å²) in [5, 5.41) is 7.38. The molecule has 0 atom stereocenters. The second-order valence-corrected chi connectivity index (χ2v) is 11.8. The average molecular weight is 531 g/mol. The lowest BCUT2D eigenvalue weighted by Crippen LogP contribution is -2.02. The minimum Gasteiger partial charge on any atom is -0.248 e. The van der Waals surface area contributed by atoms with Gasteiger partial charge in [-0.1, -0.05) is 117 Å². The number of benzene rings is 6. The van der Waals surface area contributed by atoms with Gasteiger partial charge in [-0.2, -0.15) is 0 Å². The van der Waals surface area contributed by atoms with E-state index < -0.39 is 0 Å². The van der Waals surface area contributed by atoms with Crippen molar-refractivity contribution in [2.24, 2.45) is 0 Å². The van der Waals surface area contributed by atoms with Gasteiger partial charge in [-0.3, -0.25) is 0 Å². The number of thiophene rings is 1. The molecule has 0 fully saturated rings. The molecule has 0 spiro atoms. The second-order valence-electron chi connectivity index (χ2n) is 10.8. The predicted octanol–water partition coefficient (Wildman–Crippen LogP) is 10.8. The van der Waals surface area contributed by atoms with Gasteiger partial charge in [0.15, 0.2) is 0 Å². The molecule has 190 valence electrons. The highest BCUT2D eigenvalue weighted by molar-refractivity contribution is 7.26. The van der Waals surface area contributed by atoms with E-state index in [-0.39, 0.29) is 5.92 Å². The summed E-state index contributed by atoms with van der Waals surface area (Å²) in [4.78, 5) is 10.8. The van der Waals surface area contributed by atoms with Crippen molar-refractivity contribution >= 4 is 64.1 Å². The van der Waals surface area contributed by atoms with Gasteiger partial charge in [0, 0.05) is 36.5 Å². The molecule has 0 aliphatic heterocycles. The summed E-state index contributed by atoms with van der Waals surface area (Å²) < 4.78 is 2.65. The van der Waals surface area contributed by atoms with Crippen LogP contribution in [0.4, 0.5) is 0 Å². The number of hydrogen-bond acceptors (Lipinski definition) is 3. The van der Waals surface area contributed by atoms with Crippen LogP contribution in [-0.4, -0.2) is 9.97 Å². The Hall–Kier alpha value is -4.60. The topological polar surface area (TPSA) is 25.8 Å². The molecule has 0 saturated heterocycles. The summed E-state index contributed by atoms with van der Waals surface area (Å²) in [6.45, 7) is 4.43. The fraction of sp³-hybridized carbons (Fsp3) is 0.0811. The molecule has 0 bridgehead atoms. The minimum absolute atomic E-state index is 0.229. The number of rotatable bonds is 3. The van der Waals surface area contributed by atoms with E-state index >= 15 is 0 Å². The second kappa shape index (κ2) is 8.97. The Kier molecular flexibility index (Phi) is 5.23. The summed E-state index contributed by atoms with van der Waals surface area (Å²) in [6, 6.07) is 41.3. The van der Waals surface area contributed by atoms with Crippen LogP contribution in [0.15, 0.2) is 115 Å². The molecule has 2 nitrogen and oxygen atoms in total. The normalized spacial score (nSPS) is 12.0. The Morgan fingerprint density at radius 2 is 1.10 bits per heavy atom. The minimum atomic E-state index is 0.229. The molecule has 3 heteroatoms. The van der Waals surface area contributed by atoms with Crippen LogP contribution in [0, 0.1) is 0 Å². The number of aromatic nitrogens is 2. The molecule has 0 saturated carbocycles. The predicted molar refractivity (Wildman–Crippen MR) is 172 cm³/mol.